The quantitative estimate of drug-likeness (QED) is 0.183. The first-order valence-electron chi connectivity index (χ1n) is 8.44. The van der Waals surface area contributed by atoms with Crippen LogP contribution in [0.3, 0.4) is 0 Å². The zero-order chi connectivity index (χ0) is 18.7. The number of aromatic nitrogens is 2. The summed E-state index contributed by atoms with van der Waals surface area (Å²) in [4.78, 5) is 21.2. The second-order valence-corrected chi connectivity index (χ2v) is 5.93. The standard InChI is InChI=1S/C15H28N6O4/c16-12(14(22)23)5-1-3-7-18-20-9-10-21(11-20)19-8-4-2-6-13(17)15(24)25/h9-13,18-19H,1-8,16-17H2,(H-,22,23,24,25)/p+1/t12-,13-/m0/s1. The number of imidazole rings is 1. The highest BCUT2D eigenvalue weighted by atomic mass is 16.4. The number of aliphatic carboxylic acids is 2. The second kappa shape index (κ2) is 11.3. The number of nitrogens with zero attached hydrogens (tertiary/aromatic N) is 2. The van der Waals surface area contributed by atoms with Crippen LogP contribution in [0.5, 0.6) is 0 Å². The van der Waals surface area contributed by atoms with Crippen molar-refractivity contribution in [1.82, 2.24) is 4.68 Å². The van der Waals surface area contributed by atoms with Crippen LogP contribution < -0.4 is 27.0 Å². The number of carboxylic acids is 2. The van der Waals surface area contributed by atoms with Crippen LogP contribution in [0.1, 0.15) is 38.5 Å². The minimum Gasteiger partial charge on any atom is -0.480 e. The Kier molecular flexibility index (Phi) is 9.33. The lowest BCUT2D eigenvalue weighted by Gasteiger charge is -2.06. The van der Waals surface area contributed by atoms with Crippen LogP contribution in [0.2, 0.25) is 0 Å². The molecule has 0 amide bonds. The molecule has 0 saturated heterocycles. The van der Waals surface area contributed by atoms with E-state index in [1.165, 1.54) is 0 Å². The Hall–Kier alpha value is -2.33. The lowest BCUT2D eigenvalue weighted by atomic mass is 10.1. The number of hydrogen-bond donors (Lipinski definition) is 6. The fraction of sp³-hybridized carbons (Fsp3) is 0.667. The van der Waals surface area contributed by atoms with E-state index in [1.807, 2.05) is 28.1 Å². The highest BCUT2D eigenvalue weighted by molar-refractivity contribution is 5.73. The number of carbonyl (C=O) groups is 2. The van der Waals surface area contributed by atoms with E-state index in [1.54, 1.807) is 0 Å². The largest absolute Gasteiger partial charge is 0.480 e. The zero-order valence-electron chi connectivity index (χ0n) is 14.3. The third-order valence-electron chi connectivity index (χ3n) is 3.74. The van der Waals surface area contributed by atoms with Gasteiger partial charge in [0.2, 0.25) is 0 Å². The van der Waals surface area contributed by atoms with Gasteiger partial charge in [-0.1, -0.05) is 0 Å². The van der Waals surface area contributed by atoms with Crippen LogP contribution >= 0.6 is 0 Å². The van der Waals surface area contributed by atoms with Crippen molar-refractivity contribution in [3.63, 3.8) is 0 Å². The maximum absolute atomic E-state index is 10.6. The minimum atomic E-state index is -0.963. The molecule has 0 fully saturated rings. The molecule has 0 aliphatic rings. The predicted octanol–water partition coefficient (Wildman–Crippen LogP) is -0.973. The Labute approximate surface area is 146 Å². The summed E-state index contributed by atoms with van der Waals surface area (Å²) in [6, 6.07) is -1.58. The average Bonchev–Trinajstić information content (AvgIpc) is 3.01. The van der Waals surface area contributed by atoms with Gasteiger partial charge in [-0.05, 0) is 38.5 Å². The second-order valence-electron chi connectivity index (χ2n) is 5.93. The summed E-state index contributed by atoms with van der Waals surface area (Å²) in [6.45, 7) is 1.43. The van der Waals surface area contributed by atoms with Gasteiger partial charge in [0.05, 0.1) is 13.1 Å². The molecule has 2 atom stereocenters. The van der Waals surface area contributed by atoms with Crippen molar-refractivity contribution in [3.05, 3.63) is 18.7 Å². The van der Waals surface area contributed by atoms with Crippen LogP contribution in [-0.2, 0) is 9.59 Å². The fourth-order valence-corrected chi connectivity index (χ4v) is 2.18. The monoisotopic (exact) mass is 357 g/mol. The summed E-state index contributed by atoms with van der Waals surface area (Å²) >= 11 is 0. The first-order valence-corrected chi connectivity index (χ1v) is 8.44. The van der Waals surface area contributed by atoms with Gasteiger partial charge in [0.1, 0.15) is 12.1 Å². The first-order chi connectivity index (χ1) is 11.9. The molecule has 0 saturated carbocycles. The molecule has 25 heavy (non-hydrogen) atoms. The molecule has 1 aromatic rings. The van der Waals surface area contributed by atoms with E-state index in [2.05, 4.69) is 10.9 Å². The van der Waals surface area contributed by atoms with Gasteiger partial charge in [-0.15, -0.1) is 9.35 Å². The number of rotatable bonds is 14. The zero-order valence-corrected chi connectivity index (χ0v) is 14.3. The van der Waals surface area contributed by atoms with Crippen molar-refractivity contribution in [2.24, 2.45) is 11.5 Å². The number of carboxylic acid groups (broad SMARTS) is 2. The lowest BCUT2D eigenvalue weighted by molar-refractivity contribution is -0.649. The summed E-state index contributed by atoms with van der Waals surface area (Å²) in [5.41, 5.74) is 17.2. The summed E-state index contributed by atoms with van der Waals surface area (Å²) in [6.07, 6.45) is 9.65. The molecule has 10 heteroatoms. The summed E-state index contributed by atoms with van der Waals surface area (Å²) < 4.78 is 3.62. The topological polar surface area (TPSA) is 160 Å². The van der Waals surface area contributed by atoms with E-state index in [0.29, 0.717) is 25.9 Å². The molecule has 1 heterocycles. The predicted molar refractivity (Wildman–Crippen MR) is 92.0 cm³/mol. The molecule has 1 aromatic heterocycles. The molecule has 0 unspecified atom stereocenters. The molecule has 0 aliphatic heterocycles. The van der Waals surface area contributed by atoms with Crippen LogP contribution in [0, 0.1) is 0 Å². The van der Waals surface area contributed by atoms with Crippen LogP contribution in [0.25, 0.3) is 0 Å². The fourth-order valence-electron chi connectivity index (χ4n) is 2.18. The smallest absolute Gasteiger partial charge is 0.320 e. The van der Waals surface area contributed by atoms with Crippen molar-refractivity contribution in [3.8, 4) is 0 Å². The van der Waals surface area contributed by atoms with Gasteiger partial charge < -0.3 is 21.7 Å². The van der Waals surface area contributed by atoms with Crippen LogP contribution in [0.15, 0.2) is 18.7 Å². The molecule has 0 aliphatic carbocycles. The Morgan fingerprint density at radius 2 is 1.56 bits per heavy atom. The van der Waals surface area contributed by atoms with Crippen molar-refractivity contribution in [1.29, 1.82) is 0 Å². The van der Waals surface area contributed by atoms with E-state index in [0.717, 1.165) is 25.7 Å². The summed E-state index contributed by atoms with van der Waals surface area (Å²) in [7, 11) is 0. The van der Waals surface area contributed by atoms with Gasteiger partial charge in [0.25, 0.3) is 6.33 Å². The molecular weight excluding hydrogens is 328 g/mol. The van der Waals surface area contributed by atoms with Crippen LogP contribution in [0.4, 0.5) is 0 Å². The first kappa shape index (κ1) is 20.7. The van der Waals surface area contributed by atoms with E-state index in [9.17, 15) is 9.59 Å². The third-order valence-corrected chi connectivity index (χ3v) is 3.74. The highest BCUT2D eigenvalue weighted by Gasteiger charge is 2.11. The normalized spacial score (nSPS) is 13.2. The number of hydrogen-bond acceptors (Lipinski definition) is 6. The van der Waals surface area contributed by atoms with Crippen LogP contribution in [-0.4, -0.2) is 52.0 Å². The molecule has 0 bridgehead atoms. The van der Waals surface area contributed by atoms with E-state index in [4.69, 9.17) is 21.7 Å². The maximum Gasteiger partial charge on any atom is 0.320 e. The molecule has 0 radical (unpaired) electrons. The van der Waals surface area contributed by atoms with Gasteiger partial charge in [-0.3, -0.25) is 20.4 Å². The number of unbranched alkanes of at least 4 members (excludes halogenated alkanes) is 2. The Balaban J connectivity index is 2.09. The van der Waals surface area contributed by atoms with Gasteiger partial charge in [0.15, 0.2) is 12.4 Å². The average molecular weight is 357 g/mol. The molecule has 1 rings (SSSR count). The van der Waals surface area contributed by atoms with E-state index >= 15 is 0 Å². The Morgan fingerprint density at radius 1 is 1.00 bits per heavy atom. The Bertz CT molecular complexity index is 491. The molecule has 142 valence electrons. The van der Waals surface area contributed by atoms with Crippen molar-refractivity contribution < 1.29 is 24.5 Å². The SMILES string of the molecule is N[C@@H](CCCCNn1cc[n+](NCCCC[C@H](N)C(=O)O)c1)C(=O)O. The van der Waals surface area contributed by atoms with Gasteiger partial charge in [0, 0.05) is 0 Å². The van der Waals surface area contributed by atoms with Gasteiger partial charge >= 0.3 is 11.9 Å². The molecule has 8 N–H and O–H groups in total. The third kappa shape index (κ3) is 8.91. The molecule has 0 aromatic carbocycles. The van der Waals surface area contributed by atoms with Crippen molar-refractivity contribution in [2.45, 2.75) is 50.6 Å². The summed E-state index contributed by atoms with van der Waals surface area (Å²) in [5.74, 6) is -1.93. The Morgan fingerprint density at radius 3 is 2.12 bits per heavy atom. The van der Waals surface area contributed by atoms with Crippen molar-refractivity contribution in [2.75, 3.05) is 23.9 Å². The maximum atomic E-state index is 10.6. The minimum absolute atomic E-state index is 0.468. The highest BCUT2D eigenvalue weighted by Crippen LogP contribution is 1.99. The summed E-state index contributed by atoms with van der Waals surface area (Å²) in [5, 5.41) is 17.4. The number of nitrogens with one attached hydrogen (secondary N) is 2. The van der Waals surface area contributed by atoms with Gasteiger partial charge in [-0.25, -0.2) is 0 Å². The van der Waals surface area contributed by atoms with E-state index in [-0.39, 0.29) is 0 Å². The van der Waals surface area contributed by atoms with Gasteiger partial charge in [-0.2, -0.15) is 0 Å². The number of nitrogens with two attached hydrogens (primary N) is 2. The molecular formula is C15H29N6O4+. The molecule has 0 spiro atoms. The lowest BCUT2D eigenvalue weighted by Crippen LogP contribution is -2.44. The van der Waals surface area contributed by atoms with E-state index < -0.39 is 24.0 Å². The molecule has 10 nitrogen and oxygen atoms in total. The van der Waals surface area contributed by atoms with Crippen molar-refractivity contribution >= 4 is 11.9 Å².